The summed E-state index contributed by atoms with van der Waals surface area (Å²) in [6.45, 7) is 11.4. The summed E-state index contributed by atoms with van der Waals surface area (Å²) in [4.78, 5) is 54.9. The third kappa shape index (κ3) is 17.3. The van der Waals surface area contributed by atoms with E-state index < -0.39 is 23.9 Å². The maximum absolute atomic E-state index is 14.3. The van der Waals surface area contributed by atoms with Crippen molar-refractivity contribution < 1.29 is 61.8 Å². The van der Waals surface area contributed by atoms with E-state index in [0.29, 0.717) is 57.2 Å². The second-order valence-corrected chi connectivity index (χ2v) is 25.9. The first kappa shape index (κ1) is 68.2. The highest BCUT2D eigenvalue weighted by atomic mass is 16.6. The Labute approximate surface area is 573 Å². The molecule has 0 aromatic heterocycles. The maximum Gasteiger partial charge on any atom is 0.343 e. The van der Waals surface area contributed by atoms with Crippen LogP contribution in [-0.4, -0.2) is 83.3 Å². The molecule has 502 valence electrons. The van der Waals surface area contributed by atoms with E-state index >= 15 is 0 Å². The van der Waals surface area contributed by atoms with Gasteiger partial charge in [0, 0.05) is 35.2 Å². The molecule has 0 N–H and O–H groups in total. The average Bonchev–Trinajstić information content (AvgIpc) is 0.751. The molecule has 0 spiro atoms. The number of esters is 4. The fraction of sp³-hybridized carbons (Fsp3) is 0.294. The topological polar surface area (TPSA) is 151 Å². The largest absolute Gasteiger partial charge is 0.494 e. The normalized spacial score (nSPS) is 13.7. The predicted molar refractivity (Wildman–Crippen MR) is 383 cm³/mol. The molecular weight excluding hydrogens is 1230 g/mol. The van der Waals surface area contributed by atoms with Gasteiger partial charge in [-0.1, -0.05) is 161 Å². The first-order valence-corrected chi connectivity index (χ1v) is 34.5. The van der Waals surface area contributed by atoms with Crippen LogP contribution in [0.4, 0.5) is 0 Å². The van der Waals surface area contributed by atoms with Crippen molar-refractivity contribution in [1.82, 2.24) is 0 Å². The SMILES string of the molecule is CCC1(COCCCCCCCc2ccc(C(=O)Oc3ccc(-c4ccc(C(=O)Oc5ccc6ccccc6c5-c5c(OC(=O)c6ccc(-c7ccc(OC(=O)c8ccc(OCCCCCCOCC9(CC)COC9)cc8)cc7)cc6)ccc6ccccc56)cc4)cc3)cc2)COC1. The average molecular weight is 1310 g/mol. The summed E-state index contributed by atoms with van der Waals surface area (Å²) in [5.74, 6) is 0.00832. The van der Waals surface area contributed by atoms with Gasteiger partial charge in [0.2, 0.25) is 0 Å². The van der Waals surface area contributed by atoms with Crippen LogP contribution in [0.15, 0.2) is 218 Å². The highest BCUT2D eigenvalue weighted by Gasteiger charge is 2.38. The molecule has 10 aromatic rings. The third-order valence-corrected chi connectivity index (χ3v) is 18.9. The van der Waals surface area contributed by atoms with Crippen LogP contribution in [0.2, 0.25) is 0 Å². The van der Waals surface area contributed by atoms with Crippen molar-refractivity contribution in [3.63, 3.8) is 0 Å². The minimum atomic E-state index is -0.579. The van der Waals surface area contributed by atoms with Crippen LogP contribution in [0.3, 0.4) is 0 Å². The zero-order valence-corrected chi connectivity index (χ0v) is 55.9. The quantitative estimate of drug-likeness (QED) is 0.0218. The first-order valence-electron chi connectivity index (χ1n) is 34.5. The van der Waals surface area contributed by atoms with Crippen LogP contribution >= 0.6 is 0 Å². The van der Waals surface area contributed by atoms with Gasteiger partial charge < -0.3 is 42.6 Å². The molecule has 0 atom stereocenters. The molecule has 0 amide bonds. The Morgan fingerprint density at radius 1 is 0.347 bits per heavy atom. The van der Waals surface area contributed by atoms with Crippen LogP contribution in [0.1, 0.15) is 131 Å². The summed E-state index contributed by atoms with van der Waals surface area (Å²) >= 11 is 0. The molecule has 0 radical (unpaired) electrons. The van der Waals surface area contributed by atoms with Gasteiger partial charge in [-0.15, -0.1) is 0 Å². The Kier molecular flexibility index (Phi) is 23.0. The molecule has 2 fully saturated rings. The second-order valence-electron chi connectivity index (χ2n) is 25.9. The molecule has 0 aliphatic carbocycles. The number of rotatable bonds is 33. The lowest BCUT2D eigenvalue weighted by molar-refractivity contribution is -0.150. The molecule has 0 unspecified atom stereocenters. The van der Waals surface area contributed by atoms with Crippen molar-refractivity contribution in [2.24, 2.45) is 10.8 Å². The smallest absolute Gasteiger partial charge is 0.343 e. The maximum atomic E-state index is 14.3. The molecule has 13 nitrogen and oxygen atoms in total. The van der Waals surface area contributed by atoms with Crippen LogP contribution in [0.25, 0.3) is 54.9 Å². The van der Waals surface area contributed by atoms with E-state index in [1.54, 1.807) is 84.9 Å². The number of ether oxygens (including phenoxy) is 9. The van der Waals surface area contributed by atoms with Crippen molar-refractivity contribution in [2.75, 3.05) is 59.5 Å². The molecule has 98 heavy (non-hydrogen) atoms. The van der Waals surface area contributed by atoms with Gasteiger partial charge in [-0.05, 0) is 198 Å². The zero-order valence-electron chi connectivity index (χ0n) is 55.9. The number of hydrogen-bond donors (Lipinski definition) is 0. The zero-order chi connectivity index (χ0) is 67.5. The van der Waals surface area contributed by atoms with E-state index in [1.807, 2.05) is 133 Å². The van der Waals surface area contributed by atoms with Crippen molar-refractivity contribution in [3.8, 4) is 62.1 Å². The van der Waals surface area contributed by atoms with E-state index in [4.69, 9.17) is 42.6 Å². The Morgan fingerprint density at radius 2 is 0.694 bits per heavy atom. The number of carbonyl (C=O) groups excluding carboxylic acids is 4. The van der Waals surface area contributed by atoms with Crippen molar-refractivity contribution in [1.29, 1.82) is 0 Å². The Hall–Kier alpha value is -9.76. The second kappa shape index (κ2) is 33.0. The lowest BCUT2D eigenvalue weighted by Gasteiger charge is -2.40. The minimum absolute atomic E-state index is 0.224. The van der Waals surface area contributed by atoms with Gasteiger partial charge in [0.1, 0.15) is 28.7 Å². The van der Waals surface area contributed by atoms with E-state index in [-0.39, 0.29) is 22.3 Å². The Bertz CT molecular complexity index is 4010. The highest BCUT2D eigenvalue weighted by molar-refractivity contribution is 6.11. The van der Waals surface area contributed by atoms with Gasteiger partial charge in [-0.3, -0.25) is 0 Å². The molecule has 0 bridgehead atoms. The van der Waals surface area contributed by atoms with Gasteiger partial charge in [-0.2, -0.15) is 0 Å². The molecule has 13 heteroatoms. The molecule has 0 saturated carbocycles. The number of carbonyl (C=O) groups is 4. The molecule has 12 rings (SSSR count). The van der Waals surface area contributed by atoms with Gasteiger partial charge in [0.05, 0.1) is 68.5 Å². The monoisotopic (exact) mass is 1310 g/mol. The van der Waals surface area contributed by atoms with E-state index in [0.717, 1.165) is 167 Å². The molecule has 2 heterocycles. The van der Waals surface area contributed by atoms with Crippen molar-refractivity contribution >= 4 is 45.4 Å². The Morgan fingerprint density at radius 3 is 1.10 bits per heavy atom. The predicted octanol–water partition coefficient (Wildman–Crippen LogP) is 19.2. The lowest BCUT2D eigenvalue weighted by atomic mass is 9.84. The van der Waals surface area contributed by atoms with E-state index in [9.17, 15) is 19.2 Å². The molecule has 10 aromatic carbocycles. The number of hydrogen-bond acceptors (Lipinski definition) is 13. The number of fused-ring (bicyclic) bond motifs is 2. The lowest BCUT2D eigenvalue weighted by Crippen LogP contribution is -2.45. The summed E-state index contributed by atoms with van der Waals surface area (Å²) in [7, 11) is 0. The van der Waals surface area contributed by atoms with Crippen LogP contribution < -0.4 is 23.7 Å². The van der Waals surface area contributed by atoms with Crippen molar-refractivity contribution in [3.05, 3.63) is 246 Å². The van der Waals surface area contributed by atoms with Crippen LogP contribution in [-0.2, 0) is 25.4 Å². The van der Waals surface area contributed by atoms with Crippen LogP contribution in [0, 0.1) is 10.8 Å². The Balaban J connectivity index is 0.631. The molecule has 2 aliphatic heterocycles. The summed E-state index contributed by atoms with van der Waals surface area (Å²) in [5, 5.41) is 3.37. The third-order valence-electron chi connectivity index (χ3n) is 18.9. The molecule has 2 aliphatic rings. The minimum Gasteiger partial charge on any atom is -0.494 e. The summed E-state index contributed by atoms with van der Waals surface area (Å²) < 4.78 is 52.8. The first-order chi connectivity index (χ1) is 48.0. The summed E-state index contributed by atoms with van der Waals surface area (Å²) in [6.07, 6.45) is 12.9. The van der Waals surface area contributed by atoms with Gasteiger partial charge in [0.15, 0.2) is 0 Å². The summed E-state index contributed by atoms with van der Waals surface area (Å²) in [6, 6.07) is 66.3. The van der Waals surface area contributed by atoms with E-state index in [2.05, 4.69) is 13.8 Å². The molecular formula is C85H84O13. The highest BCUT2D eigenvalue weighted by Crippen LogP contribution is 2.46. The standard InChI is InChI=1S/C85H84O13/c1-3-84(56-92-57-84)54-90-51-15-7-5-6-10-18-60-23-25-67(26-24-60)80(86)95-72-45-35-63(36-46-72)61-27-31-68(32-28-61)82(88)97-76-49-41-65-19-11-13-21-74(65)78(76)79-75-22-14-12-20-66(75)42-50-77(79)98-83(89)69-33-29-62(30-34-69)64-37-47-73(48-38-64)96-81(87)70-39-43-71(44-40-70)94-53-17-9-8-16-52-91-55-85(4-2)58-93-59-85/h11-14,19-50H,3-10,15-18,51-59H2,1-2H3. The number of aryl methyl sites for hydroxylation is 1. The van der Waals surface area contributed by atoms with E-state index in [1.165, 1.54) is 12.0 Å². The van der Waals surface area contributed by atoms with Crippen molar-refractivity contribution in [2.45, 2.75) is 90.9 Å². The van der Waals surface area contributed by atoms with Crippen LogP contribution in [0.5, 0.6) is 28.7 Å². The number of benzene rings is 10. The fourth-order valence-corrected chi connectivity index (χ4v) is 12.4. The molecule has 2 saturated heterocycles. The van der Waals surface area contributed by atoms with Gasteiger partial charge in [-0.25, -0.2) is 19.2 Å². The van der Waals surface area contributed by atoms with Gasteiger partial charge >= 0.3 is 23.9 Å². The number of unbranched alkanes of at least 4 members (excludes halogenated alkanes) is 7. The van der Waals surface area contributed by atoms with Gasteiger partial charge in [0.25, 0.3) is 0 Å². The fourth-order valence-electron chi connectivity index (χ4n) is 12.4. The summed E-state index contributed by atoms with van der Waals surface area (Å²) in [5.41, 5.74) is 7.78.